The predicted octanol–water partition coefficient (Wildman–Crippen LogP) is 3.80. The lowest BCUT2D eigenvalue weighted by Gasteiger charge is -2.15. The quantitative estimate of drug-likeness (QED) is 0.615. The van der Waals surface area contributed by atoms with Gasteiger partial charge in [0.25, 0.3) is 6.43 Å². The summed E-state index contributed by atoms with van der Waals surface area (Å²) >= 11 is 2.78. The molecule has 0 unspecified atom stereocenters. The van der Waals surface area contributed by atoms with Crippen molar-refractivity contribution in [2.45, 2.75) is 17.9 Å². The smallest absolute Gasteiger partial charge is 0.258 e. The Morgan fingerprint density at radius 2 is 2.00 bits per heavy atom. The molecule has 17 heavy (non-hydrogen) atoms. The van der Waals surface area contributed by atoms with E-state index in [-0.39, 0.29) is 5.33 Å². The molecule has 0 bridgehead atoms. The average molecular weight is 315 g/mol. The van der Waals surface area contributed by atoms with E-state index in [1.54, 1.807) is 0 Å². The first-order chi connectivity index (χ1) is 7.82. The lowest BCUT2D eigenvalue weighted by atomic mass is 10.0. The molecule has 0 spiro atoms. The topological polar surface area (TPSA) is 36.7 Å². The molecular weight excluding hydrogens is 311 g/mol. The number of hydrogen-bond acceptors (Lipinski definition) is 2. The summed E-state index contributed by atoms with van der Waals surface area (Å²) in [4.78, 5) is 3.41. The first-order valence-electron chi connectivity index (χ1n) is 4.16. The molecule has 0 atom stereocenters. The Morgan fingerprint density at radius 3 is 2.35 bits per heavy atom. The fourth-order valence-corrected chi connectivity index (χ4v) is 1.74. The van der Waals surface area contributed by atoms with Crippen molar-refractivity contribution >= 4 is 15.9 Å². The van der Waals surface area contributed by atoms with E-state index in [0.717, 1.165) is 0 Å². The molecule has 1 aromatic rings. The largest absolute Gasteiger partial charge is 0.418 e. The number of nitrogens with zero attached hydrogens (tertiary/aromatic N) is 2. The van der Waals surface area contributed by atoms with Gasteiger partial charge in [0.2, 0.25) is 0 Å². The third-order valence-electron chi connectivity index (χ3n) is 1.95. The summed E-state index contributed by atoms with van der Waals surface area (Å²) in [6.45, 7) is 0. The molecule has 2 nitrogen and oxygen atoms in total. The highest BCUT2D eigenvalue weighted by Crippen LogP contribution is 2.39. The molecule has 0 amide bonds. The SMILES string of the molecule is N#Cc1cnc(CBr)c(C(F)F)c1C(F)(F)F. The summed E-state index contributed by atoms with van der Waals surface area (Å²) < 4.78 is 63.2. The van der Waals surface area contributed by atoms with E-state index >= 15 is 0 Å². The summed E-state index contributed by atoms with van der Waals surface area (Å²) in [5.41, 5.74) is -4.18. The highest BCUT2D eigenvalue weighted by molar-refractivity contribution is 9.08. The Bertz CT molecular complexity index is 464. The van der Waals surface area contributed by atoms with Gasteiger partial charge in [-0.15, -0.1) is 0 Å². The predicted molar refractivity (Wildman–Crippen MR) is 51.5 cm³/mol. The van der Waals surface area contributed by atoms with Crippen molar-refractivity contribution in [1.82, 2.24) is 4.98 Å². The number of pyridine rings is 1. The molecule has 0 aliphatic heterocycles. The average Bonchev–Trinajstić information content (AvgIpc) is 2.25. The minimum atomic E-state index is -5.02. The lowest BCUT2D eigenvalue weighted by Crippen LogP contribution is -2.15. The summed E-state index contributed by atoms with van der Waals surface area (Å²) in [7, 11) is 0. The van der Waals surface area contributed by atoms with Crippen molar-refractivity contribution in [3.8, 4) is 6.07 Å². The fourth-order valence-electron chi connectivity index (χ4n) is 1.30. The minimum Gasteiger partial charge on any atom is -0.258 e. The molecule has 0 saturated heterocycles. The van der Waals surface area contributed by atoms with Crippen LogP contribution in [0.2, 0.25) is 0 Å². The molecule has 0 radical (unpaired) electrons. The van der Waals surface area contributed by atoms with Crippen molar-refractivity contribution in [3.05, 3.63) is 28.6 Å². The molecule has 0 N–H and O–H groups in total. The first kappa shape index (κ1) is 13.8. The van der Waals surface area contributed by atoms with Gasteiger partial charge >= 0.3 is 6.18 Å². The second-order valence-corrected chi connectivity index (χ2v) is 3.51. The van der Waals surface area contributed by atoms with E-state index in [0.29, 0.717) is 6.20 Å². The van der Waals surface area contributed by atoms with Crippen molar-refractivity contribution in [2.75, 3.05) is 0 Å². The monoisotopic (exact) mass is 314 g/mol. The van der Waals surface area contributed by atoms with Crippen LogP contribution in [0.15, 0.2) is 6.20 Å². The number of hydrogen-bond donors (Lipinski definition) is 0. The maximum atomic E-state index is 12.7. The maximum Gasteiger partial charge on any atom is 0.418 e. The van der Waals surface area contributed by atoms with E-state index in [1.165, 1.54) is 6.07 Å². The van der Waals surface area contributed by atoms with Crippen LogP contribution in [-0.2, 0) is 11.5 Å². The van der Waals surface area contributed by atoms with Crippen LogP contribution in [0.1, 0.15) is 28.8 Å². The van der Waals surface area contributed by atoms with Crippen LogP contribution in [0.4, 0.5) is 22.0 Å². The number of halogens is 6. The molecule has 0 aliphatic rings. The van der Waals surface area contributed by atoms with Crippen LogP contribution >= 0.6 is 15.9 Å². The highest BCUT2D eigenvalue weighted by atomic mass is 79.9. The van der Waals surface area contributed by atoms with E-state index < -0.39 is 35.0 Å². The van der Waals surface area contributed by atoms with Gasteiger partial charge in [-0.25, -0.2) is 8.78 Å². The molecular formula is C9H4BrF5N2. The first-order valence-corrected chi connectivity index (χ1v) is 5.28. The zero-order chi connectivity index (χ0) is 13.2. The van der Waals surface area contributed by atoms with Gasteiger partial charge in [0.05, 0.1) is 22.4 Å². The molecule has 92 valence electrons. The van der Waals surface area contributed by atoms with E-state index in [9.17, 15) is 22.0 Å². The van der Waals surface area contributed by atoms with Crippen LogP contribution in [-0.4, -0.2) is 4.98 Å². The standard InChI is InChI=1S/C9H4BrF5N2/c10-1-5-6(8(11)12)7(9(13,14)15)4(2-16)3-17-5/h3,8H,1H2. The van der Waals surface area contributed by atoms with Crippen molar-refractivity contribution in [3.63, 3.8) is 0 Å². The van der Waals surface area contributed by atoms with Crippen LogP contribution in [0.3, 0.4) is 0 Å². The zero-order valence-electron chi connectivity index (χ0n) is 8.02. The second kappa shape index (κ2) is 4.96. The Morgan fingerprint density at radius 1 is 1.41 bits per heavy atom. The van der Waals surface area contributed by atoms with Gasteiger partial charge in [-0.1, -0.05) is 15.9 Å². The summed E-state index contributed by atoms with van der Waals surface area (Å²) in [5.74, 6) is 0. The van der Waals surface area contributed by atoms with Gasteiger partial charge in [0, 0.05) is 11.5 Å². The van der Waals surface area contributed by atoms with Crippen molar-refractivity contribution in [1.29, 1.82) is 5.26 Å². The highest BCUT2D eigenvalue weighted by Gasteiger charge is 2.40. The normalized spacial score (nSPS) is 11.6. The fraction of sp³-hybridized carbons (Fsp3) is 0.333. The lowest BCUT2D eigenvalue weighted by molar-refractivity contribution is -0.139. The molecule has 0 fully saturated rings. The van der Waals surface area contributed by atoms with Gasteiger partial charge in [-0.2, -0.15) is 18.4 Å². The van der Waals surface area contributed by atoms with Gasteiger partial charge < -0.3 is 0 Å². The third kappa shape index (κ3) is 2.72. The van der Waals surface area contributed by atoms with Crippen molar-refractivity contribution in [2.24, 2.45) is 0 Å². The molecule has 1 aromatic heterocycles. The zero-order valence-corrected chi connectivity index (χ0v) is 9.61. The number of aromatic nitrogens is 1. The Balaban J connectivity index is 3.67. The summed E-state index contributed by atoms with van der Waals surface area (Å²) in [6.07, 6.45) is -7.72. The molecule has 1 heterocycles. The van der Waals surface area contributed by atoms with Crippen LogP contribution in [0.5, 0.6) is 0 Å². The third-order valence-corrected chi connectivity index (χ3v) is 2.48. The summed E-state index contributed by atoms with van der Waals surface area (Å²) in [6, 6.07) is 1.22. The molecule has 0 aliphatic carbocycles. The number of nitriles is 1. The number of alkyl halides is 6. The van der Waals surface area contributed by atoms with Crippen LogP contribution in [0.25, 0.3) is 0 Å². The van der Waals surface area contributed by atoms with Crippen LogP contribution in [0, 0.1) is 11.3 Å². The van der Waals surface area contributed by atoms with Crippen LogP contribution < -0.4 is 0 Å². The molecule has 8 heteroatoms. The van der Waals surface area contributed by atoms with Gasteiger partial charge in [-0.05, 0) is 0 Å². The van der Waals surface area contributed by atoms with Gasteiger partial charge in [0.15, 0.2) is 0 Å². The van der Waals surface area contributed by atoms with Crippen molar-refractivity contribution < 1.29 is 22.0 Å². The summed E-state index contributed by atoms with van der Waals surface area (Å²) in [5, 5.41) is 8.26. The Labute approximate surface area is 101 Å². The van der Waals surface area contributed by atoms with E-state index in [4.69, 9.17) is 5.26 Å². The molecule has 1 rings (SSSR count). The second-order valence-electron chi connectivity index (χ2n) is 2.95. The minimum absolute atomic E-state index is 0.249. The van der Waals surface area contributed by atoms with E-state index in [2.05, 4.69) is 20.9 Å². The molecule has 0 saturated carbocycles. The Hall–Kier alpha value is -1.23. The Kier molecular flexibility index (Phi) is 4.03. The molecule has 0 aromatic carbocycles. The van der Waals surface area contributed by atoms with Gasteiger partial charge in [-0.3, -0.25) is 4.98 Å². The van der Waals surface area contributed by atoms with Gasteiger partial charge in [0.1, 0.15) is 6.07 Å². The number of rotatable bonds is 2. The van der Waals surface area contributed by atoms with E-state index in [1.807, 2.05) is 0 Å². The maximum absolute atomic E-state index is 12.7.